The third-order valence-electron chi connectivity index (χ3n) is 5.01. The molecule has 0 aliphatic heterocycles. The molecule has 4 rings (SSSR count). The van der Waals surface area contributed by atoms with E-state index in [1.54, 1.807) is 30.9 Å². The molecule has 1 heterocycles. The third-order valence-corrected chi connectivity index (χ3v) is 5.95. The predicted octanol–water partition coefficient (Wildman–Crippen LogP) is 4.87. The highest BCUT2D eigenvalue weighted by molar-refractivity contribution is 7.98. The van der Waals surface area contributed by atoms with Gasteiger partial charge in [0.05, 0.1) is 17.6 Å². The van der Waals surface area contributed by atoms with Crippen molar-refractivity contribution >= 4 is 40.3 Å². The SMILES string of the molecule is Cc1ccc(NC(=O)CN(C)C(=O)c2ccc(CSc3nc4ccccc4[nH]3)cc2)cc1. The quantitative estimate of drug-likeness (QED) is 0.399. The molecular weight excluding hydrogens is 420 g/mol. The van der Waals surface area contributed by atoms with Gasteiger partial charge in [-0.1, -0.05) is 53.7 Å². The molecule has 32 heavy (non-hydrogen) atoms. The smallest absolute Gasteiger partial charge is 0.254 e. The highest BCUT2D eigenvalue weighted by atomic mass is 32.2. The molecule has 2 N–H and O–H groups in total. The van der Waals surface area contributed by atoms with Crippen LogP contribution in [0.5, 0.6) is 0 Å². The number of anilines is 1. The van der Waals surface area contributed by atoms with Gasteiger partial charge in [0.15, 0.2) is 5.16 Å². The Labute approximate surface area is 191 Å². The fraction of sp³-hybridized carbons (Fsp3) is 0.160. The van der Waals surface area contributed by atoms with Gasteiger partial charge in [-0.05, 0) is 48.9 Å². The molecule has 2 amide bonds. The Morgan fingerprint density at radius 2 is 1.72 bits per heavy atom. The van der Waals surface area contributed by atoms with Crippen LogP contribution in [0.25, 0.3) is 11.0 Å². The number of thioether (sulfide) groups is 1. The van der Waals surface area contributed by atoms with E-state index in [1.165, 1.54) is 4.90 Å². The lowest BCUT2D eigenvalue weighted by Gasteiger charge is -2.17. The molecule has 0 saturated heterocycles. The lowest BCUT2D eigenvalue weighted by atomic mass is 10.1. The molecule has 0 saturated carbocycles. The average molecular weight is 445 g/mol. The minimum atomic E-state index is -0.233. The van der Waals surface area contributed by atoms with Crippen molar-refractivity contribution in [1.82, 2.24) is 14.9 Å². The number of aromatic nitrogens is 2. The molecule has 0 bridgehead atoms. The first-order valence-electron chi connectivity index (χ1n) is 10.3. The maximum Gasteiger partial charge on any atom is 0.254 e. The number of carbonyl (C=O) groups excluding carboxylic acids is 2. The number of nitrogens with zero attached hydrogens (tertiary/aromatic N) is 2. The lowest BCUT2D eigenvalue weighted by Crippen LogP contribution is -2.34. The normalized spacial score (nSPS) is 10.8. The minimum Gasteiger partial charge on any atom is -0.333 e. The van der Waals surface area contributed by atoms with E-state index in [9.17, 15) is 9.59 Å². The molecule has 7 heteroatoms. The zero-order chi connectivity index (χ0) is 22.5. The molecule has 3 aromatic carbocycles. The van der Waals surface area contributed by atoms with Crippen molar-refractivity contribution in [2.75, 3.05) is 18.9 Å². The van der Waals surface area contributed by atoms with E-state index < -0.39 is 0 Å². The lowest BCUT2D eigenvalue weighted by molar-refractivity contribution is -0.116. The summed E-state index contributed by atoms with van der Waals surface area (Å²) in [7, 11) is 1.63. The van der Waals surface area contributed by atoms with Crippen LogP contribution in [-0.2, 0) is 10.5 Å². The zero-order valence-electron chi connectivity index (χ0n) is 18.0. The van der Waals surface area contributed by atoms with Crippen LogP contribution in [0.15, 0.2) is 78.0 Å². The summed E-state index contributed by atoms with van der Waals surface area (Å²) >= 11 is 1.62. The Bertz CT molecular complexity index is 1200. The second kappa shape index (κ2) is 9.70. The number of rotatable bonds is 7. The molecule has 0 atom stereocenters. The number of hydrogen-bond acceptors (Lipinski definition) is 4. The van der Waals surface area contributed by atoms with Crippen LogP contribution >= 0.6 is 11.8 Å². The van der Waals surface area contributed by atoms with Crippen LogP contribution < -0.4 is 5.32 Å². The van der Waals surface area contributed by atoms with Crippen LogP contribution in [-0.4, -0.2) is 40.3 Å². The maximum atomic E-state index is 12.7. The number of H-pyrrole nitrogens is 1. The fourth-order valence-electron chi connectivity index (χ4n) is 3.24. The molecule has 0 radical (unpaired) electrons. The Morgan fingerprint density at radius 3 is 2.44 bits per heavy atom. The first-order chi connectivity index (χ1) is 15.5. The molecule has 0 unspecified atom stereocenters. The number of hydrogen-bond donors (Lipinski definition) is 2. The minimum absolute atomic E-state index is 0.0175. The van der Waals surface area contributed by atoms with Gasteiger partial charge < -0.3 is 15.2 Å². The monoisotopic (exact) mass is 444 g/mol. The average Bonchev–Trinajstić information content (AvgIpc) is 3.22. The van der Waals surface area contributed by atoms with Crippen molar-refractivity contribution in [3.63, 3.8) is 0 Å². The Hall–Kier alpha value is -3.58. The molecular formula is C25H24N4O2S. The number of imidazole rings is 1. The molecule has 0 aliphatic carbocycles. The maximum absolute atomic E-state index is 12.7. The van der Waals surface area contributed by atoms with Crippen molar-refractivity contribution in [2.45, 2.75) is 17.8 Å². The molecule has 162 valence electrons. The molecule has 0 spiro atoms. The van der Waals surface area contributed by atoms with Gasteiger partial charge in [-0.2, -0.15) is 0 Å². The number of likely N-dealkylation sites (N-methyl/N-ethyl adjacent to an activating group) is 1. The summed E-state index contributed by atoms with van der Waals surface area (Å²) in [5.41, 5.74) is 5.44. The molecule has 1 aromatic heterocycles. The number of benzene rings is 3. The molecule has 4 aromatic rings. The number of carbonyl (C=O) groups is 2. The van der Waals surface area contributed by atoms with Gasteiger partial charge in [0.25, 0.3) is 5.91 Å². The number of amides is 2. The summed E-state index contributed by atoms with van der Waals surface area (Å²) in [4.78, 5) is 34.2. The van der Waals surface area contributed by atoms with Crippen molar-refractivity contribution in [3.8, 4) is 0 Å². The largest absolute Gasteiger partial charge is 0.333 e. The summed E-state index contributed by atoms with van der Waals surface area (Å²) < 4.78 is 0. The number of nitrogens with one attached hydrogen (secondary N) is 2. The Balaban J connectivity index is 1.30. The standard InChI is InChI=1S/C25H24N4O2S/c1-17-7-13-20(14-8-17)26-23(30)15-29(2)24(31)19-11-9-18(10-12-19)16-32-25-27-21-5-3-4-6-22(21)28-25/h3-14H,15-16H2,1-2H3,(H,26,30)(H,27,28). The third kappa shape index (κ3) is 5.36. The predicted molar refractivity (Wildman–Crippen MR) is 129 cm³/mol. The first kappa shape index (κ1) is 21.6. The summed E-state index contributed by atoms with van der Waals surface area (Å²) in [6, 6.07) is 22.9. The van der Waals surface area contributed by atoms with Crippen molar-refractivity contribution in [1.29, 1.82) is 0 Å². The number of para-hydroxylation sites is 2. The van der Waals surface area contributed by atoms with Crippen LogP contribution in [0.1, 0.15) is 21.5 Å². The van der Waals surface area contributed by atoms with Gasteiger partial charge in [-0.25, -0.2) is 4.98 Å². The van der Waals surface area contributed by atoms with Crippen molar-refractivity contribution in [3.05, 3.63) is 89.5 Å². The van der Waals surface area contributed by atoms with Crippen LogP contribution in [0.2, 0.25) is 0 Å². The summed E-state index contributed by atoms with van der Waals surface area (Å²) in [6.07, 6.45) is 0. The number of fused-ring (bicyclic) bond motifs is 1. The van der Waals surface area contributed by atoms with Gasteiger partial charge >= 0.3 is 0 Å². The van der Waals surface area contributed by atoms with E-state index in [0.29, 0.717) is 11.3 Å². The van der Waals surface area contributed by atoms with E-state index >= 15 is 0 Å². The van der Waals surface area contributed by atoms with Crippen LogP contribution in [0, 0.1) is 6.92 Å². The highest BCUT2D eigenvalue weighted by Gasteiger charge is 2.15. The van der Waals surface area contributed by atoms with Gasteiger partial charge in [0, 0.05) is 24.1 Å². The summed E-state index contributed by atoms with van der Waals surface area (Å²) in [5.74, 6) is 0.312. The Kier molecular flexibility index (Phi) is 6.56. The summed E-state index contributed by atoms with van der Waals surface area (Å²) in [5, 5.41) is 3.68. The second-order valence-electron chi connectivity index (χ2n) is 7.62. The molecule has 0 aliphatic rings. The van der Waals surface area contributed by atoms with Gasteiger partial charge in [-0.3, -0.25) is 9.59 Å². The second-order valence-corrected chi connectivity index (χ2v) is 8.58. The van der Waals surface area contributed by atoms with Gasteiger partial charge in [0.1, 0.15) is 0 Å². The fourth-order valence-corrected chi connectivity index (χ4v) is 4.08. The van der Waals surface area contributed by atoms with E-state index in [1.807, 2.05) is 67.6 Å². The van der Waals surface area contributed by atoms with Crippen LogP contribution in [0.3, 0.4) is 0 Å². The van der Waals surface area contributed by atoms with Gasteiger partial charge in [-0.15, -0.1) is 0 Å². The summed E-state index contributed by atoms with van der Waals surface area (Å²) in [6.45, 7) is 1.97. The molecule has 6 nitrogen and oxygen atoms in total. The van der Waals surface area contributed by atoms with E-state index in [-0.39, 0.29) is 18.4 Å². The topological polar surface area (TPSA) is 78.1 Å². The molecule has 0 fully saturated rings. The van der Waals surface area contributed by atoms with Crippen molar-refractivity contribution in [2.24, 2.45) is 0 Å². The van der Waals surface area contributed by atoms with Gasteiger partial charge in [0.2, 0.25) is 5.91 Å². The first-order valence-corrected chi connectivity index (χ1v) is 11.2. The number of aryl methyl sites for hydroxylation is 1. The van der Waals surface area contributed by atoms with Crippen molar-refractivity contribution < 1.29 is 9.59 Å². The van der Waals surface area contributed by atoms with E-state index in [2.05, 4.69) is 15.3 Å². The number of aromatic amines is 1. The highest BCUT2D eigenvalue weighted by Crippen LogP contribution is 2.23. The van der Waals surface area contributed by atoms with E-state index in [0.717, 1.165) is 33.1 Å². The zero-order valence-corrected chi connectivity index (χ0v) is 18.8. The Morgan fingerprint density at radius 1 is 1.00 bits per heavy atom. The van der Waals surface area contributed by atoms with E-state index in [4.69, 9.17) is 0 Å². The van der Waals surface area contributed by atoms with Crippen LogP contribution in [0.4, 0.5) is 5.69 Å².